The lowest BCUT2D eigenvalue weighted by Crippen LogP contribution is -2.35. The number of aromatic nitrogens is 2. The molecule has 1 N–H and O–H groups in total. The van der Waals surface area contributed by atoms with Crippen molar-refractivity contribution in [2.24, 2.45) is 0 Å². The largest absolute Gasteiger partial charge is 0.460 e. The van der Waals surface area contributed by atoms with E-state index in [0.717, 1.165) is 5.69 Å². The first-order valence-corrected chi connectivity index (χ1v) is 10.5. The fourth-order valence-corrected chi connectivity index (χ4v) is 4.84. The number of aryl methyl sites for hydroxylation is 1. The van der Waals surface area contributed by atoms with Crippen molar-refractivity contribution in [1.82, 2.24) is 15.1 Å². The van der Waals surface area contributed by atoms with Gasteiger partial charge in [0.1, 0.15) is 11.5 Å². The lowest BCUT2D eigenvalue weighted by atomic mass is 10.1. The van der Waals surface area contributed by atoms with Gasteiger partial charge in [0.25, 0.3) is 5.91 Å². The molecule has 1 aromatic carbocycles. The van der Waals surface area contributed by atoms with Crippen molar-refractivity contribution in [3.05, 3.63) is 60.0 Å². The molecule has 1 aliphatic rings. The van der Waals surface area contributed by atoms with Crippen molar-refractivity contribution in [3.63, 3.8) is 0 Å². The van der Waals surface area contributed by atoms with Gasteiger partial charge in [0, 0.05) is 12.2 Å². The van der Waals surface area contributed by atoms with Crippen molar-refractivity contribution >= 4 is 15.7 Å². The molecule has 0 saturated carbocycles. The van der Waals surface area contributed by atoms with E-state index in [-0.39, 0.29) is 23.5 Å². The number of para-hydroxylation sites is 1. The van der Waals surface area contributed by atoms with Crippen molar-refractivity contribution < 1.29 is 17.6 Å². The van der Waals surface area contributed by atoms with E-state index in [1.165, 1.54) is 0 Å². The Morgan fingerprint density at radius 1 is 1.22 bits per heavy atom. The molecule has 0 spiro atoms. The summed E-state index contributed by atoms with van der Waals surface area (Å²) >= 11 is 0. The van der Waals surface area contributed by atoms with E-state index in [2.05, 4.69) is 10.4 Å². The van der Waals surface area contributed by atoms with Gasteiger partial charge in [-0.2, -0.15) is 5.10 Å². The standard InChI is InChI=1S/C19H19N3O4S/c1-13-7-8-17(26-13)18-16(11-22(21-18)15-5-3-2-4-6-15)19(23)20-14-9-10-27(24,25)12-14/h2-8,11,14H,9-10,12H2,1H3,(H,20,23). The average molecular weight is 385 g/mol. The molecule has 1 amide bonds. The van der Waals surface area contributed by atoms with Crippen LogP contribution in [0.3, 0.4) is 0 Å². The average Bonchev–Trinajstić information content (AvgIpc) is 3.34. The lowest BCUT2D eigenvalue weighted by Gasteiger charge is -2.10. The van der Waals surface area contributed by atoms with Gasteiger partial charge in [0.15, 0.2) is 15.6 Å². The highest BCUT2D eigenvalue weighted by molar-refractivity contribution is 7.91. The summed E-state index contributed by atoms with van der Waals surface area (Å²) < 4.78 is 30.6. The molecule has 1 fully saturated rings. The summed E-state index contributed by atoms with van der Waals surface area (Å²) in [5, 5.41) is 7.35. The molecule has 3 heterocycles. The fourth-order valence-electron chi connectivity index (χ4n) is 3.17. The number of furan rings is 1. The molecule has 0 bridgehead atoms. The Balaban J connectivity index is 1.69. The molecule has 4 rings (SSSR count). The van der Waals surface area contributed by atoms with Gasteiger partial charge in [-0.05, 0) is 37.6 Å². The van der Waals surface area contributed by atoms with Crippen LogP contribution in [-0.2, 0) is 9.84 Å². The van der Waals surface area contributed by atoms with Crippen molar-refractivity contribution in [1.29, 1.82) is 0 Å². The minimum absolute atomic E-state index is 0.0270. The zero-order valence-electron chi connectivity index (χ0n) is 14.8. The van der Waals surface area contributed by atoms with Crippen LogP contribution in [0.5, 0.6) is 0 Å². The molecule has 3 aromatic rings. The molecule has 8 heteroatoms. The molecule has 7 nitrogen and oxygen atoms in total. The van der Waals surface area contributed by atoms with Crippen molar-refractivity contribution in [3.8, 4) is 17.1 Å². The maximum Gasteiger partial charge on any atom is 0.255 e. The number of hydrogen-bond acceptors (Lipinski definition) is 5. The van der Waals surface area contributed by atoms with Crippen LogP contribution in [-0.4, -0.2) is 41.7 Å². The summed E-state index contributed by atoms with van der Waals surface area (Å²) in [6, 6.07) is 12.6. The molecule has 0 aliphatic carbocycles. The first kappa shape index (κ1) is 17.5. The van der Waals surface area contributed by atoms with Crippen LogP contribution >= 0.6 is 0 Å². The Hall–Kier alpha value is -2.87. The van der Waals surface area contributed by atoms with Gasteiger partial charge in [-0.3, -0.25) is 4.79 Å². The maximum atomic E-state index is 12.9. The Bertz CT molecular complexity index is 1080. The summed E-state index contributed by atoms with van der Waals surface area (Å²) in [6.07, 6.45) is 2.07. The van der Waals surface area contributed by atoms with E-state index in [0.29, 0.717) is 29.2 Å². The summed E-state index contributed by atoms with van der Waals surface area (Å²) in [7, 11) is -3.07. The predicted octanol–water partition coefficient (Wildman–Crippen LogP) is 2.36. The van der Waals surface area contributed by atoms with E-state index in [9.17, 15) is 13.2 Å². The number of rotatable bonds is 4. The molecule has 1 aliphatic heterocycles. The predicted molar refractivity (Wildman–Crippen MR) is 101 cm³/mol. The monoisotopic (exact) mass is 385 g/mol. The zero-order valence-corrected chi connectivity index (χ0v) is 15.6. The number of sulfone groups is 1. The zero-order chi connectivity index (χ0) is 19.0. The highest BCUT2D eigenvalue weighted by atomic mass is 32.2. The number of nitrogens with one attached hydrogen (secondary N) is 1. The van der Waals surface area contributed by atoms with Crippen LogP contribution in [0.15, 0.2) is 53.1 Å². The third-order valence-electron chi connectivity index (χ3n) is 4.52. The van der Waals surface area contributed by atoms with Gasteiger partial charge in [0.2, 0.25) is 0 Å². The van der Waals surface area contributed by atoms with Crippen LogP contribution in [0.25, 0.3) is 17.1 Å². The minimum Gasteiger partial charge on any atom is -0.460 e. The van der Waals surface area contributed by atoms with Crippen molar-refractivity contribution in [2.45, 2.75) is 19.4 Å². The maximum absolute atomic E-state index is 12.9. The third-order valence-corrected chi connectivity index (χ3v) is 6.29. The minimum atomic E-state index is -3.07. The first-order valence-electron chi connectivity index (χ1n) is 8.64. The third kappa shape index (κ3) is 3.66. The van der Waals surface area contributed by atoms with E-state index in [1.807, 2.05) is 43.3 Å². The second-order valence-corrected chi connectivity index (χ2v) is 8.88. The smallest absolute Gasteiger partial charge is 0.255 e. The number of amides is 1. The Labute approximate surface area is 156 Å². The van der Waals surface area contributed by atoms with Gasteiger partial charge < -0.3 is 9.73 Å². The summed E-state index contributed by atoms with van der Waals surface area (Å²) in [6.45, 7) is 1.82. The van der Waals surface area contributed by atoms with Crippen LogP contribution in [0, 0.1) is 6.92 Å². The number of carbonyl (C=O) groups is 1. The van der Waals surface area contributed by atoms with Gasteiger partial charge in [-0.25, -0.2) is 13.1 Å². The normalized spacial score (nSPS) is 18.5. The first-order chi connectivity index (χ1) is 12.9. The Morgan fingerprint density at radius 2 is 2.00 bits per heavy atom. The fraction of sp³-hybridized carbons (Fsp3) is 0.263. The molecule has 0 radical (unpaired) electrons. The second kappa shape index (κ2) is 6.70. The topological polar surface area (TPSA) is 94.2 Å². The van der Waals surface area contributed by atoms with E-state index < -0.39 is 9.84 Å². The van der Waals surface area contributed by atoms with E-state index in [4.69, 9.17) is 4.42 Å². The van der Waals surface area contributed by atoms with Crippen LogP contribution in [0.2, 0.25) is 0 Å². The lowest BCUT2D eigenvalue weighted by molar-refractivity contribution is 0.0941. The van der Waals surface area contributed by atoms with Crippen LogP contribution in [0.4, 0.5) is 0 Å². The molecular weight excluding hydrogens is 366 g/mol. The summed E-state index contributed by atoms with van der Waals surface area (Å²) in [5.41, 5.74) is 1.58. The van der Waals surface area contributed by atoms with Gasteiger partial charge in [-0.15, -0.1) is 0 Å². The second-order valence-electron chi connectivity index (χ2n) is 6.66. The van der Waals surface area contributed by atoms with Crippen LogP contribution in [0.1, 0.15) is 22.5 Å². The van der Waals surface area contributed by atoms with Crippen LogP contribution < -0.4 is 5.32 Å². The summed E-state index contributed by atoms with van der Waals surface area (Å²) in [4.78, 5) is 12.9. The van der Waals surface area contributed by atoms with E-state index in [1.54, 1.807) is 16.9 Å². The number of benzene rings is 1. The van der Waals surface area contributed by atoms with Gasteiger partial charge in [0.05, 0.1) is 22.8 Å². The molecular formula is C19H19N3O4S. The quantitative estimate of drug-likeness (QED) is 0.744. The highest BCUT2D eigenvalue weighted by Crippen LogP contribution is 2.26. The highest BCUT2D eigenvalue weighted by Gasteiger charge is 2.30. The molecule has 140 valence electrons. The van der Waals surface area contributed by atoms with Gasteiger partial charge >= 0.3 is 0 Å². The Kier molecular flexibility index (Phi) is 4.35. The number of hydrogen-bond donors (Lipinski definition) is 1. The SMILES string of the molecule is Cc1ccc(-c2nn(-c3ccccc3)cc2C(=O)NC2CCS(=O)(=O)C2)o1. The number of nitrogens with zero attached hydrogens (tertiary/aromatic N) is 2. The molecule has 1 atom stereocenters. The van der Waals surface area contributed by atoms with Crippen molar-refractivity contribution in [2.75, 3.05) is 11.5 Å². The summed E-state index contributed by atoms with van der Waals surface area (Å²) in [5.74, 6) is 0.925. The molecule has 27 heavy (non-hydrogen) atoms. The van der Waals surface area contributed by atoms with Gasteiger partial charge in [-0.1, -0.05) is 18.2 Å². The molecule has 1 unspecified atom stereocenters. The molecule has 1 saturated heterocycles. The van der Waals surface area contributed by atoms with E-state index >= 15 is 0 Å². The number of carbonyl (C=O) groups excluding carboxylic acids is 1. The molecule has 2 aromatic heterocycles. The Morgan fingerprint density at radius 3 is 2.63 bits per heavy atom.